The maximum absolute atomic E-state index is 12.3. The van der Waals surface area contributed by atoms with Crippen molar-refractivity contribution in [2.45, 2.75) is 57.5 Å². The number of hydrogen-bond acceptors (Lipinski definition) is 3. The van der Waals surface area contributed by atoms with Crippen LogP contribution in [0.25, 0.3) is 0 Å². The first-order valence-corrected chi connectivity index (χ1v) is 7.46. The lowest BCUT2D eigenvalue weighted by molar-refractivity contribution is -0.139. The second-order valence-corrected chi connectivity index (χ2v) is 5.79. The number of rotatable bonds is 3. The first-order chi connectivity index (χ1) is 8.72. The fourth-order valence-electron chi connectivity index (χ4n) is 3.19. The minimum absolute atomic E-state index is 0.313. The summed E-state index contributed by atoms with van der Waals surface area (Å²) in [7, 11) is 0. The van der Waals surface area contributed by atoms with Gasteiger partial charge >= 0.3 is 0 Å². The van der Waals surface area contributed by atoms with Crippen LogP contribution in [0, 0.1) is 0 Å². The van der Waals surface area contributed by atoms with E-state index in [0.29, 0.717) is 31.1 Å². The molecule has 0 aromatic rings. The van der Waals surface area contributed by atoms with E-state index in [1.807, 2.05) is 0 Å². The summed E-state index contributed by atoms with van der Waals surface area (Å²) in [4.78, 5) is 16.6. The number of carbonyl (C=O) groups is 1. The van der Waals surface area contributed by atoms with Gasteiger partial charge in [0.1, 0.15) is 0 Å². The summed E-state index contributed by atoms with van der Waals surface area (Å²) in [6.07, 6.45) is 7.68. The van der Waals surface area contributed by atoms with Crippen molar-refractivity contribution in [3.05, 3.63) is 0 Å². The summed E-state index contributed by atoms with van der Waals surface area (Å²) in [6.45, 7) is 5.19. The van der Waals surface area contributed by atoms with Gasteiger partial charge in [0.2, 0.25) is 5.91 Å². The van der Waals surface area contributed by atoms with Crippen LogP contribution in [-0.4, -0.2) is 54.0 Å². The molecule has 2 rings (SSSR count). The van der Waals surface area contributed by atoms with E-state index in [9.17, 15) is 4.79 Å². The van der Waals surface area contributed by atoms with Crippen LogP contribution in [0.1, 0.15) is 45.4 Å². The van der Waals surface area contributed by atoms with Gasteiger partial charge in [-0.3, -0.25) is 9.69 Å². The molecule has 1 heterocycles. The van der Waals surface area contributed by atoms with Gasteiger partial charge < -0.3 is 10.6 Å². The molecule has 2 N–H and O–H groups in total. The van der Waals surface area contributed by atoms with Crippen molar-refractivity contribution in [1.82, 2.24) is 9.80 Å². The summed E-state index contributed by atoms with van der Waals surface area (Å²) in [5.74, 6) is 0.313. The molecular formula is C14H27N3O. The Morgan fingerprint density at radius 2 is 1.89 bits per heavy atom. The lowest BCUT2D eigenvalue weighted by atomic mass is 10.1. The predicted octanol–water partition coefficient (Wildman–Crippen LogP) is 1.20. The van der Waals surface area contributed by atoms with Gasteiger partial charge in [-0.1, -0.05) is 25.7 Å². The first-order valence-electron chi connectivity index (χ1n) is 7.46. The van der Waals surface area contributed by atoms with Gasteiger partial charge in [0.05, 0.1) is 6.54 Å². The Hall–Kier alpha value is -0.610. The van der Waals surface area contributed by atoms with Gasteiger partial charge in [-0.25, -0.2) is 0 Å². The Morgan fingerprint density at radius 3 is 2.44 bits per heavy atom. The maximum Gasteiger partial charge on any atom is 0.237 e. The van der Waals surface area contributed by atoms with E-state index in [1.54, 1.807) is 0 Å². The van der Waals surface area contributed by atoms with E-state index in [1.165, 1.54) is 38.5 Å². The fraction of sp³-hybridized carbons (Fsp3) is 0.929. The summed E-state index contributed by atoms with van der Waals surface area (Å²) in [6, 6.07) is 0.834. The first kappa shape index (κ1) is 13.8. The maximum atomic E-state index is 12.3. The van der Waals surface area contributed by atoms with Gasteiger partial charge in [-0.15, -0.1) is 0 Å². The van der Waals surface area contributed by atoms with E-state index >= 15 is 0 Å². The number of carbonyl (C=O) groups excluding carboxylic acids is 1. The summed E-state index contributed by atoms with van der Waals surface area (Å²) < 4.78 is 0. The standard InChI is InChI=1S/C14H27N3O/c1-12(10-15)16-8-9-17(14(18)11-16)13-6-4-2-3-5-7-13/h12-13H,2-11,15H2,1H3. The van der Waals surface area contributed by atoms with Gasteiger partial charge in [0, 0.05) is 31.7 Å². The van der Waals surface area contributed by atoms with Crippen LogP contribution in [0.4, 0.5) is 0 Å². The SMILES string of the molecule is CC(CN)N1CCN(C2CCCCCC2)C(=O)C1. The van der Waals surface area contributed by atoms with Gasteiger partial charge in [0.15, 0.2) is 0 Å². The highest BCUT2D eigenvalue weighted by Crippen LogP contribution is 2.23. The third-order valence-electron chi connectivity index (χ3n) is 4.52. The molecule has 2 aliphatic rings. The van der Waals surface area contributed by atoms with Crippen LogP contribution in [0.15, 0.2) is 0 Å². The van der Waals surface area contributed by atoms with Gasteiger partial charge in [0.25, 0.3) is 0 Å². The van der Waals surface area contributed by atoms with E-state index in [2.05, 4.69) is 16.7 Å². The highest BCUT2D eigenvalue weighted by atomic mass is 16.2. The zero-order chi connectivity index (χ0) is 13.0. The molecule has 18 heavy (non-hydrogen) atoms. The summed E-state index contributed by atoms with van der Waals surface area (Å²) in [5, 5.41) is 0. The number of hydrogen-bond donors (Lipinski definition) is 1. The molecule has 1 saturated heterocycles. The number of piperazine rings is 1. The smallest absolute Gasteiger partial charge is 0.237 e. The van der Waals surface area contributed by atoms with Crippen molar-refractivity contribution in [1.29, 1.82) is 0 Å². The highest BCUT2D eigenvalue weighted by molar-refractivity contribution is 5.79. The second-order valence-electron chi connectivity index (χ2n) is 5.79. The van der Waals surface area contributed by atoms with Crippen molar-refractivity contribution in [3.63, 3.8) is 0 Å². The van der Waals surface area contributed by atoms with Crippen molar-refractivity contribution in [3.8, 4) is 0 Å². The summed E-state index contributed by atoms with van der Waals surface area (Å²) >= 11 is 0. The molecule has 104 valence electrons. The van der Waals surface area contributed by atoms with E-state index < -0.39 is 0 Å². The van der Waals surface area contributed by atoms with Crippen molar-refractivity contribution in [2.75, 3.05) is 26.2 Å². The monoisotopic (exact) mass is 253 g/mol. The van der Waals surface area contributed by atoms with Crippen molar-refractivity contribution >= 4 is 5.91 Å². The van der Waals surface area contributed by atoms with Gasteiger partial charge in [-0.2, -0.15) is 0 Å². The molecule has 1 amide bonds. The Kier molecular flexibility index (Phi) is 5.01. The molecule has 0 spiro atoms. The zero-order valence-corrected chi connectivity index (χ0v) is 11.6. The molecule has 2 fully saturated rings. The average molecular weight is 253 g/mol. The third-order valence-corrected chi connectivity index (χ3v) is 4.52. The number of nitrogens with two attached hydrogens (primary N) is 1. The average Bonchev–Trinajstić information content (AvgIpc) is 2.66. The minimum Gasteiger partial charge on any atom is -0.337 e. The van der Waals surface area contributed by atoms with Crippen LogP contribution in [0.2, 0.25) is 0 Å². The van der Waals surface area contributed by atoms with Crippen molar-refractivity contribution in [2.24, 2.45) is 5.73 Å². The lowest BCUT2D eigenvalue weighted by Gasteiger charge is -2.41. The molecule has 0 aromatic carbocycles. The zero-order valence-electron chi connectivity index (χ0n) is 11.6. The normalized spacial score (nSPS) is 26.1. The molecule has 0 radical (unpaired) electrons. The molecule has 1 aliphatic carbocycles. The Labute approximate surface area is 110 Å². The van der Waals surface area contributed by atoms with Crippen LogP contribution in [-0.2, 0) is 4.79 Å². The second kappa shape index (κ2) is 6.53. The van der Waals surface area contributed by atoms with E-state index in [4.69, 9.17) is 5.73 Å². The van der Waals surface area contributed by atoms with Crippen LogP contribution in [0.3, 0.4) is 0 Å². The van der Waals surface area contributed by atoms with E-state index in [0.717, 1.165) is 13.1 Å². The molecule has 0 aromatic heterocycles. The topological polar surface area (TPSA) is 49.6 Å². The fourth-order valence-corrected chi connectivity index (χ4v) is 3.19. The highest BCUT2D eigenvalue weighted by Gasteiger charge is 2.31. The van der Waals surface area contributed by atoms with Crippen molar-refractivity contribution < 1.29 is 4.79 Å². The quantitative estimate of drug-likeness (QED) is 0.769. The molecule has 4 heteroatoms. The molecular weight excluding hydrogens is 226 g/mol. The number of amides is 1. The molecule has 1 saturated carbocycles. The van der Waals surface area contributed by atoms with Crippen LogP contribution < -0.4 is 5.73 Å². The lowest BCUT2D eigenvalue weighted by Crippen LogP contribution is -2.56. The minimum atomic E-state index is 0.313. The predicted molar refractivity (Wildman–Crippen MR) is 73.3 cm³/mol. The van der Waals surface area contributed by atoms with Gasteiger partial charge in [-0.05, 0) is 19.8 Å². The summed E-state index contributed by atoms with van der Waals surface area (Å²) in [5.41, 5.74) is 5.68. The molecule has 1 aliphatic heterocycles. The van der Waals surface area contributed by atoms with Crippen LogP contribution >= 0.6 is 0 Å². The molecule has 1 unspecified atom stereocenters. The molecule has 0 bridgehead atoms. The Bertz CT molecular complexity index is 274. The molecule has 1 atom stereocenters. The third kappa shape index (κ3) is 3.23. The van der Waals surface area contributed by atoms with Crippen LogP contribution in [0.5, 0.6) is 0 Å². The van der Waals surface area contributed by atoms with E-state index in [-0.39, 0.29) is 0 Å². The Morgan fingerprint density at radius 1 is 1.22 bits per heavy atom. The Balaban J connectivity index is 1.90. The molecule has 4 nitrogen and oxygen atoms in total. The largest absolute Gasteiger partial charge is 0.337 e. The number of nitrogens with zero attached hydrogens (tertiary/aromatic N) is 2.